The SMILES string of the molecule is Cc1nnc(CNC(=O)c2c(C)cc(C3CCOCC3)oc2=O)s1. The fourth-order valence-corrected chi connectivity index (χ4v) is 3.39. The zero-order valence-electron chi connectivity index (χ0n) is 13.6. The topological polar surface area (TPSA) is 94.3 Å². The van der Waals surface area contributed by atoms with E-state index in [1.54, 1.807) is 13.0 Å². The number of ether oxygens (including phenoxy) is 1. The van der Waals surface area contributed by atoms with Crippen molar-refractivity contribution >= 4 is 17.2 Å². The average molecular weight is 349 g/mol. The van der Waals surface area contributed by atoms with Crippen LogP contribution >= 0.6 is 11.3 Å². The van der Waals surface area contributed by atoms with Gasteiger partial charge in [-0.05, 0) is 38.3 Å². The Kier molecular flexibility index (Phi) is 5.06. The standard InChI is InChI=1S/C16H19N3O4S/c1-9-7-12(11-3-5-22-6-4-11)23-16(21)14(9)15(20)17-8-13-19-18-10(2)24-13/h7,11H,3-6,8H2,1-2H3,(H,17,20). The number of aromatic nitrogens is 2. The third-order valence-corrected chi connectivity index (χ3v) is 4.83. The lowest BCUT2D eigenvalue weighted by Gasteiger charge is -2.21. The van der Waals surface area contributed by atoms with Gasteiger partial charge in [0.05, 0.1) is 6.54 Å². The van der Waals surface area contributed by atoms with Crippen LogP contribution in [-0.2, 0) is 11.3 Å². The van der Waals surface area contributed by atoms with Gasteiger partial charge in [-0.2, -0.15) is 0 Å². The molecule has 1 aliphatic heterocycles. The quantitative estimate of drug-likeness (QED) is 0.906. The van der Waals surface area contributed by atoms with Crippen LogP contribution in [0.25, 0.3) is 0 Å². The highest BCUT2D eigenvalue weighted by Crippen LogP contribution is 2.27. The molecule has 1 amide bonds. The zero-order chi connectivity index (χ0) is 17.1. The molecule has 8 heteroatoms. The van der Waals surface area contributed by atoms with Gasteiger partial charge >= 0.3 is 5.63 Å². The predicted molar refractivity (Wildman–Crippen MR) is 88.3 cm³/mol. The van der Waals surface area contributed by atoms with Crippen LogP contribution in [0.1, 0.15) is 50.5 Å². The molecule has 1 saturated heterocycles. The molecular weight excluding hydrogens is 330 g/mol. The first kappa shape index (κ1) is 16.8. The summed E-state index contributed by atoms with van der Waals surface area (Å²) in [7, 11) is 0. The van der Waals surface area contributed by atoms with Gasteiger partial charge in [0.15, 0.2) is 0 Å². The molecule has 0 aliphatic carbocycles. The van der Waals surface area contributed by atoms with Crippen molar-refractivity contribution in [3.05, 3.63) is 43.4 Å². The Morgan fingerprint density at radius 1 is 1.33 bits per heavy atom. The Balaban J connectivity index is 1.75. The van der Waals surface area contributed by atoms with Crippen LogP contribution in [0.4, 0.5) is 0 Å². The molecule has 0 aromatic carbocycles. The Morgan fingerprint density at radius 2 is 2.08 bits per heavy atom. The van der Waals surface area contributed by atoms with E-state index in [1.807, 2.05) is 6.92 Å². The summed E-state index contributed by atoms with van der Waals surface area (Å²) in [5, 5.41) is 12.1. The van der Waals surface area contributed by atoms with E-state index in [1.165, 1.54) is 11.3 Å². The smallest absolute Gasteiger partial charge is 0.349 e. The van der Waals surface area contributed by atoms with Crippen LogP contribution in [0.5, 0.6) is 0 Å². The van der Waals surface area contributed by atoms with Gasteiger partial charge < -0.3 is 14.5 Å². The van der Waals surface area contributed by atoms with Crippen LogP contribution in [0.3, 0.4) is 0 Å². The lowest BCUT2D eigenvalue weighted by Crippen LogP contribution is -2.29. The molecule has 7 nitrogen and oxygen atoms in total. The van der Waals surface area contributed by atoms with Crippen molar-refractivity contribution in [3.8, 4) is 0 Å². The second kappa shape index (κ2) is 7.23. The summed E-state index contributed by atoms with van der Waals surface area (Å²) in [6.07, 6.45) is 1.65. The third-order valence-electron chi connectivity index (χ3n) is 3.99. The number of nitrogens with zero attached hydrogens (tertiary/aromatic N) is 2. The Labute approximate surface area is 143 Å². The molecule has 24 heavy (non-hydrogen) atoms. The molecule has 1 aliphatic rings. The lowest BCUT2D eigenvalue weighted by atomic mass is 9.95. The van der Waals surface area contributed by atoms with Crippen molar-refractivity contribution in [1.29, 1.82) is 0 Å². The van der Waals surface area contributed by atoms with E-state index in [0.717, 1.165) is 17.8 Å². The number of hydrogen-bond donors (Lipinski definition) is 1. The van der Waals surface area contributed by atoms with Gasteiger partial charge in [0.25, 0.3) is 5.91 Å². The molecule has 0 spiro atoms. The minimum atomic E-state index is -0.595. The summed E-state index contributed by atoms with van der Waals surface area (Å²) in [6, 6.07) is 1.79. The van der Waals surface area contributed by atoms with Crippen LogP contribution < -0.4 is 10.9 Å². The summed E-state index contributed by atoms with van der Waals surface area (Å²) in [4.78, 5) is 24.6. The van der Waals surface area contributed by atoms with E-state index in [2.05, 4.69) is 15.5 Å². The summed E-state index contributed by atoms with van der Waals surface area (Å²) in [6.45, 7) is 5.17. The number of nitrogens with one attached hydrogen (secondary N) is 1. The van der Waals surface area contributed by atoms with E-state index in [-0.39, 0.29) is 18.0 Å². The van der Waals surface area contributed by atoms with Crippen LogP contribution in [0.15, 0.2) is 15.3 Å². The summed E-state index contributed by atoms with van der Waals surface area (Å²) in [5.41, 5.74) is 0.0770. The molecule has 0 radical (unpaired) electrons. The van der Waals surface area contributed by atoms with Crippen molar-refractivity contribution in [2.45, 2.75) is 39.2 Å². The fourth-order valence-electron chi connectivity index (χ4n) is 2.74. The number of hydrogen-bond acceptors (Lipinski definition) is 7. The highest BCUT2D eigenvalue weighted by molar-refractivity contribution is 7.11. The molecule has 2 aromatic heterocycles. The average Bonchev–Trinajstić information content (AvgIpc) is 2.98. The normalized spacial score (nSPS) is 15.4. The molecule has 3 heterocycles. The van der Waals surface area contributed by atoms with Crippen molar-refractivity contribution in [2.75, 3.05) is 13.2 Å². The minimum absolute atomic E-state index is 0.0482. The molecule has 1 N–H and O–H groups in total. The van der Waals surface area contributed by atoms with Crippen molar-refractivity contribution in [3.63, 3.8) is 0 Å². The van der Waals surface area contributed by atoms with Gasteiger partial charge in [-0.25, -0.2) is 4.79 Å². The van der Waals surface area contributed by atoms with E-state index in [4.69, 9.17) is 9.15 Å². The van der Waals surface area contributed by atoms with Crippen LogP contribution in [-0.4, -0.2) is 29.3 Å². The maximum atomic E-state index is 12.3. The first-order valence-electron chi connectivity index (χ1n) is 7.84. The molecule has 0 bridgehead atoms. The van der Waals surface area contributed by atoms with Gasteiger partial charge in [-0.1, -0.05) is 11.3 Å². The van der Waals surface area contributed by atoms with Crippen LogP contribution in [0, 0.1) is 13.8 Å². The maximum Gasteiger partial charge on any atom is 0.349 e. The second-order valence-electron chi connectivity index (χ2n) is 5.78. The van der Waals surface area contributed by atoms with Crippen molar-refractivity contribution in [1.82, 2.24) is 15.5 Å². The summed E-state index contributed by atoms with van der Waals surface area (Å²) >= 11 is 1.40. The van der Waals surface area contributed by atoms with Gasteiger partial charge in [0.2, 0.25) is 0 Å². The number of amides is 1. The van der Waals surface area contributed by atoms with Gasteiger partial charge in [-0.15, -0.1) is 10.2 Å². The molecule has 1 fully saturated rings. The Hall–Kier alpha value is -2.06. The minimum Gasteiger partial charge on any atom is -0.427 e. The number of rotatable bonds is 4. The first-order valence-corrected chi connectivity index (χ1v) is 8.66. The fraction of sp³-hybridized carbons (Fsp3) is 0.500. The predicted octanol–water partition coefficient (Wildman–Crippen LogP) is 1.93. The third kappa shape index (κ3) is 3.70. The molecular formula is C16H19N3O4S. The lowest BCUT2D eigenvalue weighted by molar-refractivity contribution is 0.0795. The van der Waals surface area contributed by atoms with Crippen molar-refractivity contribution in [2.24, 2.45) is 0 Å². The molecule has 0 saturated carbocycles. The molecule has 128 valence electrons. The maximum absolute atomic E-state index is 12.3. The zero-order valence-corrected chi connectivity index (χ0v) is 14.4. The number of carbonyl (C=O) groups is 1. The van der Waals surface area contributed by atoms with E-state index >= 15 is 0 Å². The molecule has 3 rings (SSSR count). The first-order chi connectivity index (χ1) is 11.5. The number of aryl methyl sites for hydroxylation is 2. The summed E-state index contributed by atoms with van der Waals surface area (Å²) < 4.78 is 10.7. The Morgan fingerprint density at radius 3 is 2.71 bits per heavy atom. The highest BCUT2D eigenvalue weighted by Gasteiger charge is 2.22. The molecule has 0 atom stereocenters. The van der Waals surface area contributed by atoms with E-state index in [0.29, 0.717) is 29.5 Å². The van der Waals surface area contributed by atoms with Gasteiger partial charge in [-0.3, -0.25) is 4.79 Å². The number of carbonyl (C=O) groups excluding carboxylic acids is 1. The van der Waals surface area contributed by atoms with Gasteiger partial charge in [0, 0.05) is 19.1 Å². The largest absolute Gasteiger partial charge is 0.427 e. The Bertz CT molecular complexity index is 793. The van der Waals surface area contributed by atoms with E-state index in [9.17, 15) is 9.59 Å². The van der Waals surface area contributed by atoms with Crippen LogP contribution in [0.2, 0.25) is 0 Å². The van der Waals surface area contributed by atoms with Crippen molar-refractivity contribution < 1.29 is 13.9 Å². The molecule has 2 aromatic rings. The summed E-state index contributed by atoms with van der Waals surface area (Å²) in [5.74, 6) is 0.358. The monoisotopic (exact) mass is 349 g/mol. The molecule has 0 unspecified atom stereocenters. The van der Waals surface area contributed by atoms with Gasteiger partial charge in [0.1, 0.15) is 21.3 Å². The highest BCUT2D eigenvalue weighted by atomic mass is 32.1. The second-order valence-corrected chi connectivity index (χ2v) is 7.04. The van der Waals surface area contributed by atoms with E-state index < -0.39 is 11.5 Å².